The van der Waals surface area contributed by atoms with Gasteiger partial charge in [-0.3, -0.25) is 0 Å². The van der Waals surface area contributed by atoms with Crippen molar-refractivity contribution in [1.82, 2.24) is 0 Å². The van der Waals surface area contributed by atoms with E-state index in [2.05, 4.69) is 251 Å². The molecule has 9 aromatic rings. The molecule has 0 radical (unpaired) electrons. The van der Waals surface area contributed by atoms with Crippen molar-refractivity contribution in [3.63, 3.8) is 0 Å². The van der Waals surface area contributed by atoms with E-state index in [-0.39, 0.29) is 28.4 Å². The van der Waals surface area contributed by atoms with Crippen LogP contribution in [0.5, 0.6) is 0 Å². The van der Waals surface area contributed by atoms with E-state index in [0.29, 0.717) is 0 Å². The Kier molecular flexibility index (Phi) is 9.96. The molecule has 0 saturated heterocycles. The molecule has 5 heterocycles. The minimum atomic E-state index is -0.0649. The molecule has 354 valence electrons. The van der Waals surface area contributed by atoms with Crippen LogP contribution in [0.25, 0.3) is 44.3 Å². The first-order valence-electron chi connectivity index (χ1n) is 25.5. The van der Waals surface area contributed by atoms with Crippen molar-refractivity contribution in [2.45, 2.75) is 121 Å². The monoisotopic (exact) mass is 946 g/mol. The second kappa shape index (κ2) is 15.5. The second-order valence-electron chi connectivity index (χ2n) is 24.7. The maximum absolute atomic E-state index is 7.31. The molecule has 0 aliphatic carbocycles. The van der Waals surface area contributed by atoms with Crippen molar-refractivity contribution in [2.75, 3.05) is 9.80 Å². The third-order valence-corrected chi connectivity index (χ3v) is 16.7. The number of hydrogen-bond acceptors (Lipinski definition) is 4. The fraction of sp³-hybridized carbons (Fsp3) is 0.277. The second-order valence-corrected chi connectivity index (χ2v) is 25.7. The van der Waals surface area contributed by atoms with Crippen molar-refractivity contribution in [3.05, 3.63) is 167 Å². The molecule has 3 aliphatic rings. The zero-order chi connectivity index (χ0) is 49.8. The molecule has 4 nitrogen and oxygen atoms in total. The Balaban J connectivity index is 1.21. The number of furan rings is 1. The Hall–Kier alpha value is -6.50. The van der Waals surface area contributed by atoms with Crippen LogP contribution in [0, 0.1) is 6.92 Å². The number of pyridine rings is 1. The summed E-state index contributed by atoms with van der Waals surface area (Å²) in [5.74, 6) is 0. The maximum atomic E-state index is 7.31. The summed E-state index contributed by atoms with van der Waals surface area (Å²) in [6.07, 6.45) is 2.12. The Bertz CT molecular complexity index is 3700. The lowest BCUT2D eigenvalue weighted by atomic mass is 9.33. The molecule has 0 amide bonds. The predicted octanol–water partition coefficient (Wildman–Crippen LogP) is 15.8. The van der Waals surface area contributed by atoms with Crippen LogP contribution in [-0.4, -0.2) is 6.71 Å². The van der Waals surface area contributed by atoms with Crippen LogP contribution in [-0.2, 0) is 28.7 Å². The number of para-hydroxylation sites is 1. The number of fused-ring (bicyclic) bond motifs is 9. The highest BCUT2D eigenvalue weighted by Crippen LogP contribution is 2.56. The maximum Gasteiger partial charge on any atom is 0.252 e. The zero-order valence-corrected chi connectivity index (χ0v) is 44.8. The molecule has 0 unspecified atom stereocenters. The Morgan fingerprint density at radius 1 is 0.507 bits per heavy atom. The van der Waals surface area contributed by atoms with Crippen molar-refractivity contribution in [2.24, 2.45) is 7.05 Å². The molecule has 0 atom stereocenters. The van der Waals surface area contributed by atoms with Gasteiger partial charge in [-0.1, -0.05) is 162 Å². The lowest BCUT2D eigenvalue weighted by Crippen LogP contribution is -2.62. The van der Waals surface area contributed by atoms with E-state index >= 15 is 0 Å². The van der Waals surface area contributed by atoms with Crippen molar-refractivity contribution in [1.29, 1.82) is 0 Å². The zero-order valence-electron chi connectivity index (χ0n) is 44.0. The van der Waals surface area contributed by atoms with Crippen LogP contribution in [0.1, 0.15) is 111 Å². The number of aromatic nitrogens is 1. The molecule has 12 rings (SSSR count). The number of rotatable bonds is 3. The molecule has 0 N–H and O–H groups in total. The van der Waals surface area contributed by atoms with Gasteiger partial charge in [0.2, 0.25) is 5.69 Å². The van der Waals surface area contributed by atoms with E-state index in [0.717, 1.165) is 50.0 Å². The molecule has 0 bridgehead atoms. The first kappa shape index (κ1) is 45.6. The van der Waals surface area contributed by atoms with Crippen LogP contribution >= 0.6 is 11.8 Å². The molecule has 0 fully saturated rings. The van der Waals surface area contributed by atoms with Gasteiger partial charge in [0.05, 0.1) is 16.9 Å². The van der Waals surface area contributed by atoms with Gasteiger partial charge >= 0.3 is 0 Å². The van der Waals surface area contributed by atoms with Gasteiger partial charge in [0.25, 0.3) is 6.71 Å². The summed E-state index contributed by atoms with van der Waals surface area (Å²) < 4.78 is 9.51. The predicted molar refractivity (Wildman–Crippen MR) is 303 cm³/mol. The first-order valence-corrected chi connectivity index (χ1v) is 26.3. The Labute approximate surface area is 425 Å². The summed E-state index contributed by atoms with van der Waals surface area (Å²) >= 11 is 1.95. The van der Waals surface area contributed by atoms with E-state index in [1.807, 2.05) is 11.8 Å². The highest BCUT2D eigenvalue weighted by molar-refractivity contribution is 7.99. The summed E-state index contributed by atoms with van der Waals surface area (Å²) in [4.78, 5) is 7.82. The van der Waals surface area contributed by atoms with Gasteiger partial charge in [0, 0.05) is 61.0 Å². The summed E-state index contributed by atoms with van der Waals surface area (Å²) in [6, 6.07) is 51.6. The molecule has 0 spiro atoms. The average Bonchev–Trinajstić information content (AvgIpc) is 3.69. The molecular formula is C65H65BN3OS+. The summed E-state index contributed by atoms with van der Waals surface area (Å²) in [6.45, 7) is 30.2. The number of anilines is 6. The minimum Gasteiger partial charge on any atom is -0.454 e. The fourth-order valence-electron chi connectivity index (χ4n) is 11.5. The summed E-state index contributed by atoms with van der Waals surface area (Å²) in [5, 5.41) is 2.24. The van der Waals surface area contributed by atoms with Crippen molar-refractivity contribution in [3.8, 4) is 22.4 Å². The van der Waals surface area contributed by atoms with Gasteiger partial charge in [0.1, 0.15) is 18.2 Å². The van der Waals surface area contributed by atoms with Crippen LogP contribution in [0.4, 0.5) is 34.1 Å². The lowest BCUT2D eigenvalue weighted by Gasteiger charge is -2.47. The molecule has 6 heteroatoms. The summed E-state index contributed by atoms with van der Waals surface area (Å²) in [7, 11) is 2.12. The van der Waals surface area contributed by atoms with E-state index in [1.165, 1.54) is 82.4 Å². The standard InChI is InChI=1S/C65H65BN3OS/c1-38-21-28-47-46-19-17-18-45(60(46)70-61(47)57(38)52-20-15-16-31-67(52)14)39-32-53-58-54(33-39)69-51-30-25-42(64(8,9)10)36-55(51)71-56-37-43(65(11,12)13)35-49(59(56)69)66(58)48-34-41(63(5,6)7)24-29-50(48)68(53)44-26-22-40(23-27-44)62(2,3)4/h15-37H,1-14H3/q+1. The highest BCUT2D eigenvalue weighted by Gasteiger charge is 2.47. The number of nitrogens with zero attached hydrogens (tertiary/aromatic N) is 3. The van der Waals surface area contributed by atoms with E-state index in [9.17, 15) is 0 Å². The number of hydrogen-bond donors (Lipinski definition) is 0. The van der Waals surface area contributed by atoms with E-state index < -0.39 is 0 Å². The van der Waals surface area contributed by atoms with Gasteiger partial charge in [-0.2, -0.15) is 0 Å². The highest BCUT2D eigenvalue weighted by atomic mass is 32.2. The normalized spacial score (nSPS) is 14.2. The molecule has 3 aliphatic heterocycles. The molecular weight excluding hydrogens is 882 g/mol. The number of benzene rings is 7. The molecule has 71 heavy (non-hydrogen) atoms. The summed E-state index contributed by atoms with van der Waals surface area (Å²) in [5.41, 5.74) is 24.1. The van der Waals surface area contributed by atoms with E-state index in [1.54, 1.807) is 0 Å². The lowest BCUT2D eigenvalue weighted by molar-refractivity contribution is -0.660. The van der Waals surface area contributed by atoms with Crippen LogP contribution < -0.4 is 30.8 Å². The SMILES string of the molecule is Cc1ccc2c(oc3c(-c4cc5c6c(c4)N4c7ccc(C(C)(C)C)cc7Sc7cc(C(C)(C)C)cc(c74)B6c4cc(C(C)(C)C)ccc4N5c4ccc(C(C)(C)C)cc4)cccc32)c1-c1cccc[n+]1C. The minimum absolute atomic E-state index is 0.000558. The number of aryl methyl sites for hydroxylation is 2. The van der Waals surface area contributed by atoms with Crippen molar-refractivity contribution < 1.29 is 8.98 Å². The van der Waals surface area contributed by atoms with E-state index in [4.69, 9.17) is 4.42 Å². The third-order valence-electron chi connectivity index (χ3n) is 15.6. The topological polar surface area (TPSA) is 23.5 Å². The van der Waals surface area contributed by atoms with Gasteiger partial charge in [-0.25, -0.2) is 4.57 Å². The van der Waals surface area contributed by atoms with Gasteiger partial charge in [-0.15, -0.1) is 0 Å². The van der Waals surface area contributed by atoms with Gasteiger partial charge in [0.15, 0.2) is 6.20 Å². The van der Waals surface area contributed by atoms with Gasteiger partial charge in [-0.05, 0) is 133 Å². The molecule has 2 aromatic heterocycles. The van der Waals surface area contributed by atoms with Crippen molar-refractivity contribution >= 4 is 90.9 Å². The average molecular weight is 947 g/mol. The molecule has 7 aromatic carbocycles. The molecule has 0 saturated carbocycles. The van der Waals surface area contributed by atoms with Crippen LogP contribution in [0.2, 0.25) is 0 Å². The Morgan fingerprint density at radius 2 is 1.11 bits per heavy atom. The quantitative estimate of drug-likeness (QED) is 0.130. The smallest absolute Gasteiger partial charge is 0.252 e. The third kappa shape index (κ3) is 7.13. The first-order chi connectivity index (χ1) is 33.6. The fourth-order valence-corrected chi connectivity index (χ4v) is 12.7. The largest absolute Gasteiger partial charge is 0.454 e. The van der Waals surface area contributed by atoms with Crippen LogP contribution in [0.15, 0.2) is 154 Å². The Morgan fingerprint density at radius 3 is 1.79 bits per heavy atom. The van der Waals surface area contributed by atoms with Crippen LogP contribution in [0.3, 0.4) is 0 Å². The van der Waals surface area contributed by atoms with Gasteiger partial charge < -0.3 is 14.2 Å².